The summed E-state index contributed by atoms with van der Waals surface area (Å²) in [4.78, 5) is 12.1. The predicted molar refractivity (Wildman–Crippen MR) is 99.6 cm³/mol. The van der Waals surface area contributed by atoms with Gasteiger partial charge in [-0.15, -0.1) is 0 Å². The van der Waals surface area contributed by atoms with Crippen LogP contribution in [0.5, 0.6) is 0 Å². The summed E-state index contributed by atoms with van der Waals surface area (Å²) >= 11 is 0. The Balaban J connectivity index is 1.57. The smallest absolute Gasteiger partial charge is 0.228 e. The fourth-order valence-corrected chi connectivity index (χ4v) is 2.42. The van der Waals surface area contributed by atoms with E-state index in [0.29, 0.717) is 11.3 Å². The van der Waals surface area contributed by atoms with Crippen LogP contribution in [-0.4, -0.2) is 5.91 Å². The minimum absolute atomic E-state index is 0.163. The standard InChI is InChI=1S/C21H16FN3O/c22-17-5-1-15(2-6-17)13-21(26)25-20-11-9-19(10-12-20)24-18-7-3-16(14-23)4-8-18/h1-12,24H,13H2,(H,25,26). The van der Waals surface area contributed by atoms with E-state index in [9.17, 15) is 9.18 Å². The number of nitrogens with zero attached hydrogens (tertiary/aromatic N) is 1. The summed E-state index contributed by atoms with van der Waals surface area (Å²) in [6, 6.07) is 22.4. The van der Waals surface area contributed by atoms with Crippen molar-refractivity contribution in [2.24, 2.45) is 0 Å². The van der Waals surface area contributed by atoms with Gasteiger partial charge in [0.25, 0.3) is 0 Å². The van der Waals surface area contributed by atoms with Crippen LogP contribution in [0.1, 0.15) is 11.1 Å². The number of anilines is 3. The zero-order valence-electron chi connectivity index (χ0n) is 13.9. The highest BCUT2D eigenvalue weighted by Crippen LogP contribution is 2.19. The number of nitrogens with one attached hydrogen (secondary N) is 2. The molecule has 26 heavy (non-hydrogen) atoms. The second-order valence-electron chi connectivity index (χ2n) is 5.74. The van der Waals surface area contributed by atoms with Gasteiger partial charge in [-0.3, -0.25) is 4.79 Å². The highest BCUT2D eigenvalue weighted by Gasteiger charge is 2.05. The Labute approximate surface area is 150 Å². The molecule has 0 spiro atoms. The van der Waals surface area contributed by atoms with Crippen molar-refractivity contribution >= 4 is 23.0 Å². The lowest BCUT2D eigenvalue weighted by Gasteiger charge is -2.09. The van der Waals surface area contributed by atoms with E-state index < -0.39 is 0 Å². The molecule has 0 aromatic heterocycles. The summed E-state index contributed by atoms with van der Waals surface area (Å²) in [7, 11) is 0. The molecule has 0 bridgehead atoms. The zero-order chi connectivity index (χ0) is 18.4. The molecule has 0 unspecified atom stereocenters. The van der Waals surface area contributed by atoms with E-state index in [-0.39, 0.29) is 18.1 Å². The average molecular weight is 345 g/mol. The maximum absolute atomic E-state index is 12.9. The van der Waals surface area contributed by atoms with Gasteiger partial charge in [0, 0.05) is 17.1 Å². The Morgan fingerprint density at radius 2 is 1.38 bits per heavy atom. The number of carbonyl (C=O) groups is 1. The second kappa shape index (κ2) is 7.95. The van der Waals surface area contributed by atoms with Gasteiger partial charge in [0.1, 0.15) is 5.82 Å². The molecule has 0 heterocycles. The van der Waals surface area contributed by atoms with Crippen LogP contribution in [0, 0.1) is 17.1 Å². The summed E-state index contributed by atoms with van der Waals surface area (Å²) in [5, 5.41) is 14.8. The summed E-state index contributed by atoms with van der Waals surface area (Å²) in [5.74, 6) is -0.482. The molecule has 0 aliphatic carbocycles. The molecule has 0 aliphatic heterocycles. The lowest BCUT2D eigenvalue weighted by atomic mass is 10.1. The summed E-state index contributed by atoms with van der Waals surface area (Å²) in [6.07, 6.45) is 0.186. The third-order valence-electron chi connectivity index (χ3n) is 3.75. The second-order valence-corrected chi connectivity index (χ2v) is 5.74. The number of rotatable bonds is 5. The highest BCUT2D eigenvalue weighted by atomic mass is 19.1. The van der Waals surface area contributed by atoms with Crippen LogP contribution in [-0.2, 0) is 11.2 Å². The van der Waals surface area contributed by atoms with Crippen LogP contribution in [0.2, 0.25) is 0 Å². The Morgan fingerprint density at radius 1 is 0.846 bits per heavy atom. The van der Waals surface area contributed by atoms with E-state index in [1.807, 2.05) is 24.3 Å². The largest absolute Gasteiger partial charge is 0.356 e. The summed E-state index contributed by atoms with van der Waals surface area (Å²) < 4.78 is 12.9. The minimum atomic E-state index is -0.320. The fraction of sp³-hybridized carbons (Fsp3) is 0.0476. The molecule has 3 aromatic carbocycles. The molecule has 5 heteroatoms. The normalized spacial score (nSPS) is 10.0. The molecule has 0 radical (unpaired) electrons. The van der Waals surface area contributed by atoms with Gasteiger partial charge >= 0.3 is 0 Å². The van der Waals surface area contributed by atoms with E-state index in [1.54, 1.807) is 36.4 Å². The molecular weight excluding hydrogens is 329 g/mol. The SMILES string of the molecule is N#Cc1ccc(Nc2ccc(NC(=O)Cc3ccc(F)cc3)cc2)cc1. The number of carbonyl (C=O) groups excluding carboxylic acids is 1. The van der Waals surface area contributed by atoms with Gasteiger partial charge < -0.3 is 10.6 Å². The number of hydrogen-bond donors (Lipinski definition) is 2. The van der Waals surface area contributed by atoms with Crippen molar-refractivity contribution in [3.63, 3.8) is 0 Å². The van der Waals surface area contributed by atoms with Gasteiger partial charge in [-0.25, -0.2) is 4.39 Å². The zero-order valence-corrected chi connectivity index (χ0v) is 13.9. The van der Waals surface area contributed by atoms with Crippen molar-refractivity contribution in [2.45, 2.75) is 6.42 Å². The Hall–Kier alpha value is -3.65. The first kappa shape index (κ1) is 17.2. The predicted octanol–water partition coefficient (Wildman–Crippen LogP) is 4.62. The van der Waals surface area contributed by atoms with Gasteiger partial charge in [-0.1, -0.05) is 12.1 Å². The Morgan fingerprint density at radius 3 is 1.96 bits per heavy atom. The van der Waals surface area contributed by atoms with Crippen LogP contribution in [0.15, 0.2) is 72.8 Å². The van der Waals surface area contributed by atoms with Crippen molar-refractivity contribution in [1.29, 1.82) is 5.26 Å². The number of nitriles is 1. The summed E-state index contributed by atoms with van der Waals surface area (Å²) in [6.45, 7) is 0. The molecule has 0 atom stereocenters. The quantitative estimate of drug-likeness (QED) is 0.709. The molecule has 0 saturated heterocycles. The first-order chi connectivity index (χ1) is 12.6. The Kier molecular flexibility index (Phi) is 5.25. The van der Waals surface area contributed by atoms with Gasteiger partial charge in [0.05, 0.1) is 18.1 Å². The first-order valence-corrected chi connectivity index (χ1v) is 8.04. The molecule has 4 nitrogen and oxygen atoms in total. The first-order valence-electron chi connectivity index (χ1n) is 8.04. The lowest BCUT2D eigenvalue weighted by Crippen LogP contribution is -2.14. The molecule has 0 fully saturated rings. The van der Waals surface area contributed by atoms with Gasteiger partial charge in [0.15, 0.2) is 0 Å². The van der Waals surface area contributed by atoms with Crippen molar-refractivity contribution < 1.29 is 9.18 Å². The van der Waals surface area contributed by atoms with Crippen molar-refractivity contribution in [3.8, 4) is 6.07 Å². The summed E-state index contributed by atoms with van der Waals surface area (Å²) in [5.41, 5.74) is 3.78. The number of halogens is 1. The molecule has 3 aromatic rings. The van der Waals surface area contributed by atoms with Gasteiger partial charge in [-0.05, 0) is 66.2 Å². The maximum Gasteiger partial charge on any atom is 0.228 e. The number of amides is 1. The fourth-order valence-electron chi connectivity index (χ4n) is 2.42. The lowest BCUT2D eigenvalue weighted by molar-refractivity contribution is -0.115. The molecule has 3 rings (SSSR count). The van der Waals surface area contributed by atoms with E-state index in [0.717, 1.165) is 16.9 Å². The molecule has 2 N–H and O–H groups in total. The van der Waals surface area contributed by atoms with Crippen LogP contribution < -0.4 is 10.6 Å². The minimum Gasteiger partial charge on any atom is -0.356 e. The average Bonchev–Trinajstić information content (AvgIpc) is 2.66. The van der Waals surface area contributed by atoms with Crippen LogP contribution in [0.25, 0.3) is 0 Å². The van der Waals surface area contributed by atoms with Crippen LogP contribution in [0.3, 0.4) is 0 Å². The van der Waals surface area contributed by atoms with E-state index >= 15 is 0 Å². The van der Waals surface area contributed by atoms with E-state index in [4.69, 9.17) is 5.26 Å². The molecule has 128 valence electrons. The molecule has 0 saturated carbocycles. The molecule has 0 aliphatic rings. The van der Waals surface area contributed by atoms with Gasteiger partial charge in [-0.2, -0.15) is 5.26 Å². The monoisotopic (exact) mass is 345 g/mol. The van der Waals surface area contributed by atoms with Crippen molar-refractivity contribution in [1.82, 2.24) is 0 Å². The maximum atomic E-state index is 12.9. The highest BCUT2D eigenvalue weighted by molar-refractivity contribution is 5.92. The molecule has 1 amide bonds. The van der Waals surface area contributed by atoms with Crippen molar-refractivity contribution in [3.05, 3.63) is 89.7 Å². The topological polar surface area (TPSA) is 64.9 Å². The Bertz CT molecular complexity index is 927. The molecular formula is C21H16FN3O. The van der Waals surface area contributed by atoms with Crippen molar-refractivity contribution in [2.75, 3.05) is 10.6 Å². The third kappa shape index (κ3) is 4.68. The van der Waals surface area contributed by atoms with Crippen LogP contribution in [0.4, 0.5) is 21.5 Å². The van der Waals surface area contributed by atoms with Crippen LogP contribution >= 0.6 is 0 Å². The third-order valence-corrected chi connectivity index (χ3v) is 3.75. The number of hydrogen-bond acceptors (Lipinski definition) is 3. The van der Waals surface area contributed by atoms with Gasteiger partial charge in [0.2, 0.25) is 5.91 Å². The van der Waals surface area contributed by atoms with E-state index in [1.165, 1.54) is 12.1 Å². The van der Waals surface area contributed by atoms with E-state index in [2.05, 4.69) is 16.7 Å². The number of benzene rings is 3.